The molecule has 0 saturated carbocycles. The summed E-state index contributed by atoms with van der Waals surface area (Å²) in [5.41, 5.74) is 0.946. The molecule has 5 nitrogen and oxygen atoms in total. The SMILES string of the molecule is CC1CN(C(=O)C2CNc3ccccc3O2)CCO1. The van der Waals surface area contributed by atoms with Crippen LogP contribution in [0.25, 0.3) is 0 Å². The molecule has 1 aromatic rings. The van der Waals surface area contributed by atoms with Crippen LogP contribution >= 0.6 is 0 Å². The number of carbonyl (C=O) groups excluding carboxylic acids is 1. The van der Waals surface area contributed by atoms with Crippen molar-refractivity contribution in [3.8, 4) is 5.75 Å². The lowest BCUT2D eigenvalue weighted by Gasteiger charge is -2.35. The quantitative estimate of drug-likeness (QED) is 0.823. The van der Waals surface area contributed by atoms with Crippen LogP contribution in [0.15, 0.2) is 24.3 Å². The van der Waals surface area contributed by atoms with Gasteiger partial charge in [0, 0.05) is 13.1 Å². The fraction of sp³-hybridized carbons (Fsp3) is 0.500. The molecule has 1 fully saturated rings. The van der Waals surface area contributed by atoms with E-state index in [9.17, 15) is 4.79 Å². The van der Waals surface area contributed by atoms with E-state index in [4.69, 9.17) is 9.47 Å². The molecule has 5 heteroatoms. The molecule has 1 amide bonds. The van der Waals surface area contributed by atoms with Crippen molar-refractivity contribution >= 4 is 11.6 Å². The first-order valence-electron chi connectivity index (χ1n) is 6.64. The Kier molecular flexibility index (Phi) is 3.29. The van der Waals surface area contributed by atoms with Gasteiger partial charge in [0.1, 0.15) is 5.75 Å². The van der Waals surface area contributed by atoms with Crippen molar-refractivity contribution in [3.05, 3.63) is 24.3 Å². The predicted molar refractivity (Wildman–Crippen MR) is 71.3 cm³/mol. The number of nitrogens with zero attached hydrogens (tertiary/aromatic N) is 1. The summed E-state index contributed by atoms with van der Waals surface area (Å²) in [6.45, 7) is 4.38. The maximum Gasteiger partial charge on any atom is 0.265 e. The molecule has 102 valence electrons. The van der Waals surface area contributed by atoms with Gasteiger partial charge >= 0.3 is 0 Å². The van der Waals surface area contributed by atoms with E-state index in [1.165, 1.54) is 0 Å². The van der Waals surface area contributed by atoms with Crippen LogP contribution in [0.1, 0.15) is 6.92 Å². The van der Waals surface area contributed by atoms with E-state index in [1.807, 2.05) is 36.1 Å². The Morgan fingerprint density at radius 3 is 3.11 bits per heavy atom. The molecule has 2 unspecified atom stereocenters. The van der Waals surface area contributed by atoms with E-state index in [0.717, 1.165) is 11.4 Å². The first-order chi connectivity index (χ1) is 9.24. The predicted octanol–water partition coefficient (Wildman–Crippen LogP) is 1.11. The number of carbonyl (C=O) groups is 1. The Morgan fingerprint density at radius 1 is 1.42 bits per heavy atom. The fourth-order valence-corrected chi connectivity index (χ4v) is 2.47. The third-order valence-corrected chi connectivity index (χ3v) is 3.46. The van der Waals surface area contributed by atoms with Crippen LogP contribution in [0.5, 0.6) is 5.75 Å². The third kappa shape index (κ3) is 2.51. The van der Waals surface area contributed by atoms with Crippen LogP contribution in [0.2, 0.25) is 0 Å². The molecule has 19 heavy (non-hydrogen) atoms. The topological polar surface area (TPSA) is 50.8 Å². The van der Waals surface area contributed by atoms with E-state index < -0.39 is 6.10 Å². The summed E-state index contributed by atoms with van der Waals surface area (Å²) in [6, 6.07) is 7.68. The number of hydrogen-bond acceptors (Lipinski definition) is 4. The largest absolute Gasteiger partial charge is 0.477 e. The second-order valence-corrected chi connectivity index (χ2v) is 4.95. The van der Waals surface area contributed by atoms with Gasteiger partial charge in [-0.1, -0.05) is 12.1 Å². The van der Waals surface area contributed by atoms with Crippen LogP contribution in [-0.4, -0.2) is 49.3 Å². The number of morpholine rings is 1. The first-order valence-corrected chi connectivity index (χ1v) is 6.64. The highest BCUT2D eigenvalue weighted by atomic mass is 16.5. The van der Waals surface area contributed by atoms with Crippen molar-refractivity contribution in [3.63, 3.8) is 0 Å². The van der Waals surface area contributed by atoms with E-state index >= 15 is 0 Å². The number of anilines is 1. The molecule has 2 aliphatic rings. The Labute approximate surface area is 112 Å². The van der Waals surface area contributed by atoms with Crippen LogP contribution < -0.4 is 10.1 Å². The number of ether oxygens (including phenoxy) is 2. The molecule has 1 aromatic carbocycles. The van der Waals surface area contributed by atoms with Crippen LogP contribution in [0.3, 0.4) is 0 Å². The second kappa shape index (κ2) is 5.09. The number of nitrogens with one attached hydrogen (secondary N) is 1. The minimum Gasteiger partial charge on any atom is -0.477 e. The lowest BCUT2D eigenvalue weighted by Crippen LogP contribution is -2.52. The van der Waals surface area contributed by atoms with E-state index in [0.29, 0.717) is 26.2 Å². The van der Waals surface area contributed by atoms with Gasteiger partial charge in [0.2, 0.25) is 0 Å². The van der Waals surface area contributed by atoms with Crippen molar-refractivity contribution in [1.82, 2.24) is 4.90 Å². The summed E-state index contributed by atoms with van der Waals surface area (Å²) in [4.78, 5) is 14.2. The zero-order valence-electron chi connectivity index (χ0n) is 11.0. The van der Waals surface area contributed by atoms with Crippen molar-refractivity contribution in [2.45, 2.75) is 19.1 Å². The molecule has 1 N–H and O–H groups in total. The van der Waals surface area contributed by atoms with Crippen molar-refractivity contribution < 1.29 is 14.3 Å². The Bertz CT molecular complexity index is 478. The number of rotatable bonds is 1. The molecule has 0 radical (unpaired) electrons. The average molecular weight is 262 g/mol. The molecular weight excluding hydrogens is 244 g/mol. The minimum absolute atomic E-state index is 0.0390. The van der Waals surface area contributed by atoms with E-state index in [2.05, 4.69) is 5.32 Å². The van der Waals surface area contributed by atoms with E-state index in [1.54, 1.807) is 0 Å². The zero-order valence-corrected chi connectivity index (χ0v) is 11.0. The third-order valence-electron chi connectivity index (χ3n) is 3.46. The highest BCUT2D eigenvalue weighted by Gasteiger charge is 2.31. The fourth-order valence-electron chi connectivity index (χ4n) is 2.47. The van der Waals surface area contributed by atoms with Gasteiger partial charge in [-0.3, -0.25) is 4.79 Å². The van der Waals surface area contributed by atoms with Gasteiger partial charge in [0.25, 0.3) is 5.91 Å². The van der Waals surface area contributed by atoms with Gasteiger partial charge in [0.15, 0.2) is 6.10 Å². The summed E-state index contributed by atoms with van der Waals surface area (Å²) in [5.74, 6) is 0.783. The average Bonchev–Trinajstić information content (AvgIpc) is 2.46. The first kappa shape index (κ1) is 12.3. The number of fused-ring (bicyclic) bond motifs is 1. The number of para-hydroxylation sites is 2. The summed E-state index contributed by atoms with van der Waals surface area (Å²) < 4.78 is 11.2. The highest BCUT2D eigenvalue weighted by molar-refractivity contribution is 5.83. The normalized spacial score (nSPS) is 26.1. The van der Waals surface area contributed by atoms with Crippen molar-refractivity contribution in [1.29, 1.82) is 0 Å². The Balaban J connectivity index is 1.69. The Hall–Kier alpha value is -1.75. The highest BCUT2D eigenvalue weighted by Crippen LogP contribution is 2.28. The lowest BCUT2D eigenvalue weighted by molar-refractivity contribution is -0.145. The van der Waals surface area contributed by atoms with Crippen LogP contribution in [0, 0.1) is 0 Å². The summed E-state index contributed by atoms with van der Waals surface area (Å²) in [7, 11) is 0. The summed E-state index contributed by atoms with van der Waals surface area (Å²) >= 11 is 0. The molecule has 2 aliphatic heterocycles. The molecule has 0 aliphatic carbocycles. The standard InChI is InChI=1S/C14H18N2O3/c1-10-9-16(6-7-18-10)14(17)13-8-15-11-4-2-3-5-12(11)19-13/h2-5,10,13,15H,6-9H2,1H3. The maximum atomic E-state index is 12.4. The molecular formula is C14H18N2O3. The molecule has 2 atom stereocenters. The van der Waals surface area contributed by atoms with Gasteiger partial charge in [-0.05, 0) is 19.1 Å². The summed E-state index contributed by atoms with van der Waals surface area (Å²) in [6.07, 6.45) is -0.346. The van der Waals surface area contributed by atoms with Gasteiger partial charge in [-0.25, -0.2) is 0 Å². The number of benzene rings is 1. The van der Waals surface area contributed by atoms with Gasteiger partial charge in [-0.2, -0.15) is 0 Å². The monoisotopic (exact) mass is 262 g/mol. The van der Waals surface area contributed by atoms with Gasteiger partial charge in [0.05, 0.1) is 24.9 Å². The van der Waals surface area contributed by atoms with Crippen molar-refractivity contribution in [2.75, 3.05) is 31.6 Å². The van der Waals surface area contributed by atoms with Gasteiger partial charge < -0.3 is 19.7 Å². The second-order valence-electron chi connectivity index (χ2n) is 4.95. The summed E-state index contributed by atoms with van der Waals surface area (Å²) in [5, 5.41) is 3.24. The van der Waals surface area contributed by atoms with Crippen LogP contribution in [0.4, 0.5) is 5.69 Å². The van der Waals surface area contributed by atoms with Crippen molar-refractivity contribution in [2.24, 2.45) is 0 Å². The smallest absolute Gasteiger partial charge is 0.265 e. The Morgan fingerprint density at radius 2 is 2.26 bits per heavy atom. The molecule has 0 spiro atoms. The van der Waals surface area contributed by atoms with Gasteiger partial charge in [-0.15, -0.1) is 0 Å². The molecule has 0 bridgehead atoms. The molecule has 1 saturated heterocycles. The number of amides is 1. The molecule has 0 aromatic heterocycles. The van der Waals surface area contributed by atoms with Crippen LogP contribution in [-0.2, 0) is 9.53 Å². The molecule has 3 rings (SSSR count). The van der Waals surface area contributed by atoms with E-state index in [-0.39, 0.29) is 12.0 Å². The maximum absolute atomic E-state index is 12.4. The minimum atomic E-state index is -0.444. The zero-order chi connectivity index (χ0) is 13.2. The molecule has 2 heterocycles. The number of hydrogen-bond donors (Lipinski definition) is 1. The lowest BCUT2D eigenvalue weighted by atomic mass is 10.2.